The van der Waals surface area contributed by atoms with E-state index < -0.39 is 17.5 Å². The normalized spacial score (nSPS) is 10.3. The van der Waals surface area contributed by atoms with E-state index in [4.69, 9.17) is 10.5 Å². The molecule has 0 fully saturated rings. The zero-order chi connectivity index (χ0) is 15.6. The molecule has 0 radical (unpaired) electrons. The van der Waals surface area contributed by atoms with Crippen molar-refractivity contribution in [3.8, 4) is 5.75 Å². The van der Waals surface area contributed by atoms with Gasteiger partial charge in [-0.15, -0.1) is 0 Å². The molecule has 110 valence electrons. The Kier molecular flexibility index (Phi) is 4.42. The number of amides is 1. The van der Waals surface area contributed by atoms with Gasteiger partial charge in [0.05, 0.1) is 22.8 Å². The quantitative estimate of drug-likeness (QED) is 0.652. The first-order valence-corrected chi connectivity index (χ1v) is 6.61. The largest absolute Gasteiger partial charge is 0.496 e. The maximum Gasteiger partial charge on any atom is 0.259 e. The molecule has 2 aromatic rings. The van der Waals surface area contributed by atoms with E-state index in [2.05, 4.69) is 21.2 Å². The number of nitrogens with two attached hydrogens (primary N) is 1. The summed E-state index contributed by atoms with van der Waals surface area (Å²) in [5.41, 5.74) is 6.07. The van der Waals surface area contributed by atoms with Crippen molar-refractivity contribution < 1.29 is 18.3 Å². The average Bonchev–Trinajstić information content (AvgIpc) is 2.44. The van der Waals surface area contributed by atoms with Gasteiger partial charge in [-0.05, 0) is 34.1 Å². The molecule has 2 aromatic carbocycles. The zero-order valence-corrected chi connectivity index (χ0v) is 12.5. The van der Waals surface area contributed by atoms with Gasteiger partial charge in [0.25, 0.3) is 5.91 Å². The van der Waals surface area contributed by atoms with Crippen LogP contribution in [0.25, 0.3) is 0 Å². The Bertz CT molecular complexity index is 708. The van der Waals surface area contributed by atoms with Gasteiger partial charge in [-0.1, -0.05) is 0 Å². The van der Waals surface area contributed by atoms with E-state index in [1.807, 2.05) is 0 Å². The van der Waals surface area contributed by atoms with Crippen LogP contribution in [0.1, 0.15) is 10.4 Å². The molecule has 0 unspecified atom stereocenters. The molecule has 0 atom stereocenters. The van der Waals surface area contributed by atoms with Gasteiger partial charge in [0.2, 0.25) is 0 Å². The minimum Gasteiger partial charge on any atom is -0.496 e. The van der Waals surface area contributed by atoms with Crippen LogP contribution in [0.2, 0.25) is 0 Å². The van der Waals surface area contributed by atoms with Gasteiger partial charge in [-0.25, -0.2) is 8.78 Å². The van der Waals surface area contributed by atoms with Crippen molar-refractivity contribution in [3.05, 3.63) is 52.0 Å². The molecule has 0 aliphatic carbocycles. The maximum atomic E-state index is 13.6. The highest BCUT2D eigenvalue weighted by atomic mass is 79.9. The summed E-state index contributed by atoms with van der Waals surface area (Å²) in [4.78, 5) is 12.1. The molecule has 0 aliphatic rings. The summed E-state index contributed by atoms with van der Waals surface area (Å²) in [5, 5.41) is 2.36. The van der Waals surface area contributed by atoms with Crippen LogP contribution in [-0.2, 0) is 0 Å². The summed E-state index contributed by atoms with van der Waals surface area (Å²) < 4.78 is 31.9. The fourth-order valence-corrected chi connectivity index (χ4v) is 2.05. The van der Waals surface area contributed by atoms with Crippen LogP contribution in [0.4, 0.5) is 20.2 Å². The van der Waals surface area contributed by atoms with E-state index in [0.717, 1.165) is 6.07 Å². The summed E-state index contributed by atoms with van der Waals surface area (Å²) in [6.07, 6.45) is 0. The number of nitrogens with one attached hydrogen (secondary N) is 1. The van der Waals surface area contributed by atoms with Gasteiger partial charge in [-0.3, -0.25) is 4.79 Å². The molecular formula is C14H11BrF2N2O2. The fraction of sp³-hybridized carbons (Fsp3) is 0.0714. The second-order valence-electron chi connectivity index (χ2n) is 4.16. The van der Waals surface area contributed by atoms with Crippen molar-refractivity contribution in [1.82, 2.24) is 0 Å². The Morgan fingerprint density at radius 2 is 1.95 bits per heavy atom. The predicted molar refractivity (Wildman–Crippen MR) is 79.4 cm³/mol. The number of carbonyl (C=O) groups is 1. The smallest absolute Gasteiger partial charge is 0.259 e. The molecule has 0 aliphatic heterocycles. The average molecular weight is 357 g/mol. The molecule has 0 heterocycles. The lowest BCUT2D eigenvalue weighted by Crippen LogP contribution is -2.14. The van der Waals surface area contributed by atoms with Gasteiger partial charge < -0.3 is 15.8 Å². The molecule has 1 amide bonds. The molecule has 0 bridgehead atoms. The van der Waals surface area contributed by atoms with E-state index >= 15 is 0 Å². The standard InChI is InChI=1S/C14H11BrF2N2O2/c1-21-13-4-7(18)2-3-8(13)14(20)19-12-5-9(15)10(16)6-11(12)17/h2-6H,18H2,1H3,(H,19,20). The predicted octanol–water partition coefficient (Wildman–Crippen LogP) is 3.57. The number of halogens is 3. The minimum atomic E-state index is -0.876. The highest BCUT2D eigenvalue weighted by Gasteiger charge is 2.16. The number of ether oxygens (including phenoxy) is 1. The summed E-state index contributed by atoms with van der Waals surface area (Å²) in [6.45, 7) is 0. The maximum absolute atomic E-state index is 13.6. The molecule has 4 nitrogen and oxygen atoms in total. The molecule has 3 N–H and O–H groups in total. The van der Waals surface area contributed by atoms with Crippen molar-refractivity contribution >= 4 is 33.2 Å². The van der Waals surface area contributed by atoms with Gasteiger partial charge in [0, 0.05) is 17.8 Å². The second-order valence-corrected chi connectivity index (χ2v) is 5.01. The van der Waals surface area contributed by atoms with E-state index in [-0.39, 0.29) is 21.5 Å². The van der Waals surface area contributed by atoms with E-state index in [1.54, 1.807) is 0 Å². The fourth-order valence-electron chi connectivity index (χ4n) is 1.70. The monoisotopic (exact) mass is 356 g/mol. The molecular weight excluding hydrogens is 346 g/mol. The van der Waals surface area contributed by atoms with Crippen LogP contribution in [0.5, 0.6) is 5.75 Å². The summed E-state index contributed by atoms with van der Waals surface area (Å²) in [5.74, 6) is -1.97. The lowest BCUT2D eigenvalue weighted by Gasteiger charge is -2.11. The van der Waals surface area contributed by atoms with Crippen LogP contribution >= 0.6 is 15.9 Å². The van der Waals surface area contributed by atoms with Gasteiger partial charge in [0.15, 0.2) is 0 Å². The number of nitrogen functional groups attached to an aromatic ring is 1. The van der Waals surface area contributed by atoms with Crippen molar-refractivity contribution in [2.45, 2.75) is 0 Å². The van der Waals surface area contributed by atoms with Crippen LogP contribution in [0, 0.1) is 11.6 Å². The third kappa shape index (κ3) is 3.30. The first-order valence-electron chi connectivity index (χ1n) is 5.81. The molecule has 0 aromatic heterocycles. The van der Waals surface area contributed by atoms with Crippen molar-refractivity contribution in [2.75, 3.05) is 18.2 Å². The molecule has 0 spiro atoms. The van der Waals surface area contributed by atoms with Crippen molar-refractivity contribution in [1.29, 1.82) is 0 Å². The number of hydrogen-bond donors (Lipinski definition) is 2. The van der Waals surface area contributed by atoms with Crippen LogP contribution in [0.3, 0.4) is 0 Å². The third-order valence-electron chi connectivity index (χ3n) is 2.73. The van der Waals surface area contributed by atoms with E-state index in [9.17, 15) is 13.6 Å². The Labute approximate surface area is 128 Å². The van der Waals surface area contributed by atoms with Crippen LogP contribution < -0.4 is 15.8 Å². The number of carbonyl (C=O) groups excluding carboxylic acids is 1. The Balaban J connectivity index is 2.32. The lowest BCUT2D eigenvalue weighted by molar-refractivity contribution is 0.102. The summed E-state index contributed by atoms with van der Waals surface area (Å²) >= 11 is 2.93. The number of benzene rings is 2. The first kappa shape index (κ1) is 15.2. The molecule has 21 heavy (non-hydrogen) atoms. The van der Waals surface area contributed by atoms with E-state index in [1.165, 1.54) is 25.3 Å². The van der Waals surface area contributed by atoms with E-state index in [0.29, 0.717) is 11.8 Å². The molecule has 2 rings (SSSR count). The molecule has 0 saturated heterocycles. The second kappa shape index (κ2) is 6.09. The number of rotatable bonds is 3. The van der Waals surface area contributed by atoms with Gasteiger partial charge >= 0.3 is 0 Å². The summed E-state index contributed by atoms with van der Waals surface area (Å²) in [7, 11) is 1.39. The molecule has 0 saturated carbocycles. The molecule has 7 heteroatoms. The topological polar surface area (TPSA) is 64.3 Å². The number of hydrogen-bond acceptors (Lipinski definition) is 3. The van der Waals surface area contributed by atoms with Crippen LogP contribution in [-0.4, -0.2) is 13.0 Å². The number of anilines is 2. The Morgan fingerprint density at radius 3 is 2.62 bits per heavy atom. The Hall–Kier alpha value is -2.15. The highest BCUT2D eigenvalue weighted by Crippen LogP contribution is 2.26. The van der Waals surface area contributed by atoms with Crippen molar-refractivity contribution in [3.63, 3.8) is 0 Å². The third-order valence-corrected chi connectivity index (χ3v) is 3.34. The summed E-state index contributed by atoms with van der Waals surface area (Å²) in [6, 6.07) is 6.28. The highest BCUT2D eigenvalue weighted by molar-refractivity contribution is 9.10. The SMILES string of the molecule is COc1cc(N)ccc1C(=O)Nc1cc(Br)c(F)cc1F. The number of methoxy groups -OCH3 is 1. The first-order chi connectivity index (χ1) is 9.92. The van der Waals surface area contributed by atoms with Gasteiger partial charge in [-0.2, -0.15) is 0 Å². The van der Waals surface area contributed by atoms with Crippen molar-refractivity contribution in [2.24, 2.45) is 0 Å². The zero-order valence-electron chi connectivity index (χ0n) is 10.9. The van der Waals surface area contributed by atoms with Crippen LogP contribution in [0.15, 0.2) is 34.8 Å². The lowest BCUT2D eigenvalue weighted by atomic mass is 10.1. The Morgan fingerprint density at radius 1 is 1.24 bits per heavy atom. The minimum absolute atomic E-state index is 0.0449. The van der Waals surface area contributed by atoms with Gasteiger partial charge in [0.1, 0.15) is 17.4 Å².